The van der Waals surface area contributed by atoms with Gasteiger partial charge in [-0.25, -0.2) is 0 Å². The summed E-state index contributed by atoms with van der Waals surface area (Å²) in [7, 11) is 2.23. The van der Waals surface area contributed by atoms with E-state index in [9.17, 15) is 4.79 Å². The molecule has 0 saturated carbocycles. The molecule has 2 aliphatic rings. The van der Waals surface area contributed by atoms with Gasteiger partial charge in [-0.05, 0) is 38.6 Å². The predicted octanol–water partition coefficient (Wildman–Crippen LogP) is -0.0659. The van der Waals surface area contributed by atoms with Gasteiger partial charge in [-0.2, -0.15) is 0 Å². The summed E-state index contributed by atoms with van der Waals surface area (Å²) in [5.41, 5.74) is 5.26. The molecule has 0 radical (unpaired) electrons. The first-order valence-electron chi connectivity index (χ1n) is 5.89. The van der Waals surface area contributed by atoms with Gasteiger partial charge in [-0.15, -0.1) is 0 Å². The number of hydrogen-bond acceptors (Lipinski definition) is 3. The van der Waals surface area contributed by atoms with Crippen LogP contribution in [0.2, 0.25) is 0 Å². The number of piperidine rings is 1. The topological polar surface area (TPSA) is 58.4 Å². The third-order valence-corrected chi connectivity index (χ3v) is 3.97. The summed E-state index contributed by atoms with van der Waals surface area (Å²) in [5.74, 6) is 0.635. The molecular weight excluding hydrogens is 190 g/mol. The monoisotopic (exact) mass is 211 g/mol. The van der Waals surface area contributed by atoms with E-state index in [4.69, 9.17) is 5.73 Å². The minimum Gasteiger partial charge on any atom is -0.355 e. The minimum absolute atomic E-state index is 0.0266. The molecule has 2 heterocycles. The number of nitrogens with one attached hydrogen (secondary N) is 1. The van der Waals surface area contributed by atoms with Gasteiger partial charge >= 0.3 is 0 Å². The molecule has 2 unspecified atom stereocenters. The lowest BCUT2D eigenvalue weighted by Crippen LogP contribution is -2.44. The lowest BCUT2D eigenvalue weighted by atomic mass is 9.91. The molecule has 86 valence electrons. The van der Waals surface area contributed by atoms with Gasteiger partial charge < -0.3 is 16.0 Å². The SMILES string of the molecule is CN1C2CCC1CC(CNC(=O)CN)C2. The molecule has 2 saturated heterocycles. The van der Waals surface area contributed by atoms with Crippen molar-refractivity contribution in [2.24, 2.45) is 11.7 Å². The maximum atomic E-state index is 11.1. The highest BCUT2D eigenvalue weighted by molar-refractivity contribution is 5.77. The van der Waals surface area contributed by atoms with Crippen molar-refractivity contribution >= 4 is 5.91 Å². The van der Waals surface area contributed by atoms with Crippen LogP contribution in [0.25, 0.3) is 0 Å². The fourth-order valence-electron chi connectivity index (χ4n) is 3.02. The van der Waals surface area contributed by atoms with Gasteiger partial charge in [-0.3, -0.25) is 4.79 Å². The highest BCUT2D eigenvalue weighted by Crippen LogP contribution is 2.36. The Morgan fingerprint density at radius 3 is 2.53 bits per heavy atom. The molecule has 4 heteroatoms. The van der Waals surface area contributed by atoms with Crippen molar-refractivity contribution in [1.82, 2.24) is 10.2 Å². The summed E-state index contributed by atoms with van der Waals surface area (Å²) in [4.78, 5) is 13.6. The number of hydrogen-bond donors (Lipinski definition) is 2. The Morgan fingerprint density at radius 2 is 2.00 bits per heavy atom. The number of fused-ring (bicyclic) bond motifs is 2. The highest BCUT2D eigenvalue weighted by atomic mass is 16.1. The van der Waals surface area contributed by atoms with E-state index in [1.54, 1.807) is 0 Å². The molecule has 0 aromatic rings. The molecule has 2 aliphatic heterocycles. The van der Waals surface area contributed by atoms with Crippen LogP contribution in [0, 0.1) is 5.92 Å². The third-order valence-electron chi connectivity index (χ3n) is 3.97. The molecule has 0 aromatic heterocycles. The second-order valence-corrected chi connectivity index (χ2v) is 4.90. The van der Waals surface area contributed by atoms with E-state index < -0.39 is 0 Å². The van der Waals surface area contributed by atoms with Crippen LogP contribution < -0.4 is 11.1 Å². The third kappa shape index (κ3) is 2.32. The van der Waals surface area contributed by atoms with Crippen molar-refractivity contribution in [2.45, 2.75) is 37.8 Å². The van der Waals surface area contributed by atoms with E-state index >= 15 is 0 Å². The number of carbonyl (C=O) groups excluding carboxylic acids is 1. The van der Waals surface area contributed by atoms with Gasteiger partial charge in [0, 0.05) is 18.6 Å². The summed E-state index contributed by atoms with van der Waals surface area (Å²) < 4.78 is 0. The number of amides is 1. The Hall–Kier alpha value is -0.610. The fraction of sp³-hybridized carbons (Fsp3) is 0.909. The van der Waals surface area contributed by atoms with Crippen molar-refractivity contribution in [3.63, 3.8) is 0 Å². The summed E-state index contributed by atoms with van der Waals surface area (Å²) in [5, 5.41) is 2.90. The Labute approximate surface area is 91.2 Å². The van der Waals surface area contributed by atoms with Crippen LogP contribution in [0.4, 0.5) is 0 Å². The summed E-state index contributed by atoms with van der Waals surface area (Å²) >= 11 is 0. The zero-order valence-corrected chi connectivity index (χ0v) is 9.41. The van der Waals surface area contributed by atoms with E-state index in [1.165, 1.54) is 25.7 Å². The van der Waals surface area contributed by atoms with E-state index in [2.05, 4.69) is 17.3 Å². The average molecular weight is 211 g/mol. The number of nitrogens with zero attached hydrogens (tertiary/aromatic N) is 1. The van der Waals surface area contributed by atoms with Crippen molar-refractivity contribution in [2.75, 3.05) is 20.1 Å². The van der Waals surface area contributed by atoms with Gasteiger partial charge in [-0.1, -0.05) is 0 Å². The molecule has 2 fully saturated rings. The van der Waals surface area contributed by atoms with Crippen molar-refractivity contribution in [3.8, 4) is 0 Å². The molecule has 15 heavy (non-hydrogen) atoms. The molecule has 0 spiro atoms. The zero-order valence-electron chi connectivity index (χ0n) is 9.41. The van der Waals surface area contributed by atoms with Gasteiger partial charge in [0.25, 0.3) is 0 Å². The number of carbonyl (C=O) groups is 1. The zero-order chi connectivity index (χ0) is 10.8. The molecule has 1 amide bonds. The molecule has 2 bridgehead atoms. The van der Waals surface area contributed by atoms with Crippen LogP contribution >= 0.6 is 0 Å². The van der Waals surface area contributed by atoms with E-state index in [0.717, 1.165) is 18.6 Å². The second-order valence-electron chi connectivity index (χ2n) is 4.90. The number of rotatable bonds is 3. The maximum absolute atomic E-state index is 11.1. The molecule has 2 rings (SSSR count). The van der Waals surface area contributed by atoms with Crippen molar-refractivity contribution in [1.29, 1.82) is 0 Å². The first-order valence-corrected chi connectivity index (χ1v) is 5.89. The van der Waals surface area contributed by atoms with Crippen LogP contribution in [0.1, 0.15) is 25.7 Å². The lowest BCUT2D eigenvalue weighted by Gasteiger charge is -2.36. The molecule has 2 atom stereocenters. The first kappa shape index (κ1) is 10.9. The van der Waals surface area contributed by atoms with Gasteiger partial charge in [0.2, 0.25) is 5.91 Å². The van der Waals surface area contributed by atoms with Crippen LogP contribution in [0.5, 0.6) is 0 Å². The van der Waals surface area contributed by atoms with Crippen molar-refractivity contribution in [3.05, 3.63) is 0 Å². The van der Waals surface area contributed by atoms with Gasteiger partial charge in [0.15, 0.2) is 0 Å². The van der Waals surface area contributed by atoms with Crippen molar-refractivity contribution < 1.29 is 4.79 Å². The van der Waals surface area contributed by atoms with Crippen LogP contribution in [0.3, 0.4) is 0 Å². The van der Waals surface area contributed by atoms with E-state index in [0.29, 0.717) is 5.92 Å². The Morgan fingerprint density at radius 1 is 1.40 bits per heavy atom. The average Bonchev–Trinajstić information content (AvgIpc) is 2.50. The summed E-state index contributed by atoms with van der Waals surface area (Å²) in [6, 6.07) is 1.51. The Bertz CT molecular complexity index is 230. The lowest BCUT2D eigenvalue weighted by molar-refractivity contribution is -0.120. The van der Waals surface area contributed by atoms with Crippen LogP contribution in [0.15, 0.2) is 0 Å². The summed E-state index contributed by atoms with van der Waals surface area (Å²) in [6.45, 7) is 0.927. The summed E-state index contributed by atoms with van der Waals surface area (Å²) in [6.07, 6.45) is 5.14. The normalized spacial score (nSPS) is 35.5. The molecular formula is C11H21N3O. The Balaban J connectivity index is 1.79. The molecule has 4 nitrogen and oxygen atoms in total. The standard InChI is InChI=1S/C11H21N3O/c1-14-9-2-3-10(14)5-8(4-9)7-13-11(15)6-12/h8-10H,2-7,12H2,1H3,(H,13,15). The van der Waals surface area contributed by atoms with Gasteiger partial charge in [0.1, 0.15) is 0 Å². The molecule has 3 N–H and O–H groups in total. The Kier molecular flexibility index (Phi) is 3.26. The van der Waals surface area contributed by atoms with Crippen LogP contribution in [-0.4, -0.2) is 43.0 Å². The molecule has 0 aromatic carbocycles. The van der Waals surface area contributed by atoms with Crippen LogP contribution in [-0.2, 0) is 4.79 Å². The smallest absolute Gasteiger partial charge is 0.233 e. The first-order chi connectivity index (χ1) is 7.20. The number of nitrogens with two attached hydrogens (primary N) is 1. The van der Waals surface area contributed by atoms with E-state index in [1.807, 2.05) is 0 Å². The second kappa shape index (κ2) is 4.49. The van der Waals surface area contributed by atoms with Gasteiger partial charge in [0.05, 0.1) is 6.54 Å². The maximum Gasteiger partial charge on any atom is 0.233 e. The fourth-order valence-corrected chi connectivity index (χ4v) is 3.02. The largest absolute Gasteiger partial charge is 0.355 e. The quantitative estimate of drug-likeness (QED) is 0.687. The predicted molar refractivity (Wildman–Crippen MR) is 59.4 cm³/mol. The highest BCUT2D eigenvalue weighted by Gasteiger charge is 2.38. The van der Waals surface area contributed by atoms with E-state index in [-0.39, 0.29) is 12.5 Å². The minimum atomic E-state index is -0.0266. The molecule has 0 aliphatic carbocycles.